The maximum Gasteiger partial charge on any atom is 0.255 e. The summed E-state index contributed by atoms with van der Waals surface area (Å²) >= 11 is 0. The van der Waals surface area contributed by atoms with E-state index >= 15 is 0 Å². The van der Waals surface area contributed by atoms with Crippen molar-refractivity contribution in [3.63, 3.8) is 0 Å². The highest BCUT2D eigenvalue weighted by Gasteiger charge is 2.29. The molecule has 0 saturated heterocycles. The number of methoxy groups -OCH3 is 1. The van der Waals surface area contributed by atoms with Gasteiger partial charge < -0.3 is 14.5 Å². The summed E-state index contributed by atoms with van der Waals surface area (Å²) in [5.74, 6) is -0.474. The highest BCUT2D eigenvalue weighted by atomic mass is 32.2. The van der Waals surface area contributed by atoms with E-state index < -0.39 is 21.7 Å². The molecule has 1 aromatic heterocycles. The van der Waals surface area contributed by atoms with Crippen LogP contribution in [-0.4, -0.2) is 41.3 Å². The van der Waals surface area contributed by atoms with Crippen LogP contribution in [0.1, 0.15) is 35.2 Å². The van der Waals surface area contributed by atoms with Crippen LogP contribution in [0, 0.1) is 5.82 Å². The summed E-state index contributed by atoms with van der Waals surface area (Å²) in [4.78, 5) is 12.9. The molecule has 4 rings (SSSR count). The first-order valence-electron chi connectivity index (χ1n) is 10.5. The molecule has 0 aliphatic carbocycles. The van der Waals surface area contributed by atoms with E-state index in [1.165, 1.54) is 36.7 Å². The third-order valence-electron chi connectivity index (χ3n) is 5.81. The van der Waals surface area contributed by atoms with Gasteiger partial charge >= 0.3 is 0 Å². The molecule has 2 heterocycles. The number of hydrogen-bond donors (Lipinski definition) is 1. The first-order valence-corrected chi connectivity index (χ1v) is 12.3. The van der Waals surface area contributed by atoms with Crippen molar-refractivity contribution in [3.8, 4) is 17.1 Å². The molecular weight excluding hydrogens is 447 g/mol. The fraction of sp³-hybridized carbons (Fsp3) is 0.292. The van der Waals surface area contributed by atoms with Gasteiger partial charge in [0.2, 0.25) is 10.0 Å². The van der Waals surface area contributed by atoms with Gasteiger partial charge in [0, 0.05) is 36.7 Å². The van der Waals surface area contributed by atoms with Gasteiger partial charge in [0.05, 0.1) is 30.2 Å². The molecular formula is C24H25FN2O5S. The van der Waals surface area contributed by atoms with E-state index in [9.17, 15) is 17.6 Å². The Hall–Kier alpha value is -3.33. The van der Waals surface area contributed by atoms with Crippen LogP contribution >= 0.6 is 0 Å². The van der Waals surface area contributed by atoms with Crippen LogP contribution in [0.5, 0.6) is 5.75 Å². The summed E-state index contributed by atoms with van der Waals surface area (Å²) < 4.78 is 51.7. The molecule has 0 saturated carbocycles. The van der Waals surface area contributed by atoms with Crippen LogP contribution in [0.15, 0.2) is 41.3 Å². The van der Waals surface area contributed by atoms with Crippen LogP contribution < -0.4 is 14.4 Å². The van der Waals surface area contributed by atoms with Crippen LogP contribution in [-0.2, 0) is 10.0 Å². The van der Waals surface area contributed by atoms with Crippen molar-refractivity contribution in [2.24, 2.45) is 0 Å². The van der Waals surface area contributed by atoms with Gasteiger partial charge in [-0.15, -0.1) is 0 Å². The zero-order valence-corrected chi connectivity index (χ0v) is 19.5. The number of nitrogens with one attached hydrogen (secondary N) is 1. The Morgan fingerprint density at radius 2 is 1.97 bits per heavy atom. The summed E-state index contributed by atoms with van der Waals surface area (Å²) in [6.45, 7) is 4.50. The fourth-order valence-electron chi connectivity index (χ4n) is 4.21. The number of hydrogen-bond acceptors (Lipinski definition) is 5. The average molecular weight is 473 g/mol. The number of allylic oxidation sites excluding steroid dienone is 1. The van der Waals surface area contributed by atoms with Gasteiger partial charge in [-0.25, -0.2) is 12.8 Å². The zero-order chi connectivity index (χ0) is 23.9. The SMILES string of the molecule is C=C1CCCCN(S(C)(=O)=O)c2cc3oc(-c4ccc(F)cc4OC)c(C(=O)NC)c3cc21. The maximum absolute atomic E-state index is 13.8. The molecule has 174 valence electrons. The second kappa shape index (κ2) is 8.55. The van der Waals surface area contributed by atoms with E-state index in [-0.39, 0.29) is 17.1 Å². The van der Waals surface area contributed by atoms with Crippen molar-refractivity contribution in [2.45, 2.75) is 19.3 Å². The molecule has 0 radical (unpaired) electrons. The Kier molecular flexibility index (Phi) is 5.92. The molecule has 0 fully saturated rings. The van der Waals surface area contributed by atoms with Gasteiger partial charge in [-0.1, -0.05) is 6.58 Å². The lowest BCUT2D eigenvalue weighted by atomic mass is 9.95. The topological polar surface area (TPSA) is 88.8 Å². The number of nitrogens with zero attached hydrogens (tertiary/aromatic N) is 1. The fourth-order valence-corrected chi connectivity index (χ4v) is 5.18. The molecule has 1 amide bonds. The van der Waals surface area contributed by atoms with Crippen molar-refractivity contribution >= 4 is 38.2 Å². The Morgan fingerprint density at radius 1 is 1.21 bits per heavy atom. The molecule has 0 atom stereocenters. The number of benzene rings is 2. The Bertz CT molecular complexity index is 1380. The first-order chi connectivity index (χ1) is 15.7. The lowest BCUT2D eigenvalue weighted by molar-refractivity contribution is 0.0964. The molecule has 33 heavy (non-hydrogen) atoms. The highest BCUT2D eigenvalue weighted by Crippen LogP contribution is 2.43. The van der Waals surface area contributed by atoms with E-state index in [0.29, 0.717) is 47.2 Å². The van der Waals surface area contributed by atoms with Gasteiger partial charge in [0.15, 0.2) is 5.76 Å². The quantitative estimate of drug-likeness (QED) is 0.601. The van der Waals surface area contributed by atoms with E-state index in [1.807, 2.05) is 0 Å². The second-order valence-electron chi connectivity index (χ2n) is 7.99. The van der Waals surface area contributed by atoms with E-state index in [0.717, 1.165) is 18.2 Å². The Balaban J connectivity index is 2.07. The van der Waals surface area contributed by atoms with Gasteiger partial charge in [-0.3, -0.25) is 9.10 Å². The minimum atomic E-state index is -3.55. The van der Waals surface area contributed by atoms with E-state index in [2.05, 4.69) is 11.9 Å². The third kappa shape index (κ3) is 4.08. The number of carbonyl (C=O) groups is 1. The van der Waals surface area contributed by atoms with Crippen molar-refractivity contribution in [1.29, 1.82) is 0 Å². The number of fused-ring (bicyclic) bond motifs is 2. The van der Waals surface area contributed by atoms with Crippen molar-refractivity contribution < 1.29 is 26.8 Å². The largest absolute Gasteiger partial charge is 0.496 e. The van der Waals surface area contributed by atoms with Crippen LogP contribution in [0.4, 0.5) is 10.1 Å². The standard InChI is InChI=1S/C24H25FN2O5S/c1-14-7-5-6-10-27(33(4,29)30)19-13-21-18(12-17(14)19)22(24(28)26-2)23(32-21)16-9-8-15(25)11-20(16)31-3/h8-9,11-13H,1,5-7,10H2,2-4H3,(H,26,28). The summed E-state index contributed by atoms with van der Waals surface area (Å²) in [5.41, 5.74) is 2.88. The molecule has 9 heteroatoms. The molecule has 7 nitrogen and oxygen atoms in total. The Morgan fingerprint density at radius 3 is 2.64 bits per heavy atom. The number of carbonyl (C=O) groups excluding carboxylic acids is 1. The molecule has 1 aliphatic rings. The molecule has 1 N–H and O–H groups in total. The number of ether oxygens (including phenoxy) is 1. The predicted octanol–water partition coefficient (Wildman–Crippen LogP) is 4.57. The molecule has 2 aromatic carbocycles. The molecule has 1 aliphatic heterocycles. The maximum atomic E-state index is 13.8. The average Bonchev–Trinajstić information content (AvgIpc) is 3.13. The van der Waals surface area contributed by atoms with E-state index in [4.69, 9.17) is 9.15 Å². The molecule has 3 aromatic rings. The normalized spacial score (nSPS) is 14.5. The van der Waals surface area contributed by atoms with Crippen LogP contribution in [0.3, 0.4) is 0 Å². The van der Waals surface area contributed by atoms with Crippen LogP contribution in [0.2, 0.25) is 0 Å². The van der Waals surface area contributed by atoms with Crippen molar-refractivity contribution in [1.82, 2.24) is 5.32 Å². The molecule has 0 spiro atoms. The number of halogens is 1. The lowest BCUT2D eigenvalue weighted by Gasteiger charge is -2.28. The van der Waals surface area contributed by atoms with Crippen molar-refractivity contribution in [2.75, 3.05) is 31.3 Å². The van der Waals surface area contributed by atoms with Gasteiger partial charge in [0.25, 0.3) is 5.91 Å². The number of rotatable bonds is 4. The number of furan rings is 1. The minimum Gasteiger partial charge on any atom is -0.496 e. The molecule has 0 unspecified atom stereocenters. The number of anilines is 1. The summed E-state index contributed by atoms with van der Waals surface area (Å²) in [6.07, 6.45) is 3.37. The number of amides is 1. The van der Waals surface area contributed by atoms with Crippen LogP contribution in [0.25, 0.3) is 27.9 Å². The first kappa shape index (κ1) is 22.8. The monoisotopic (exact) mass is 472 g/mol. The summed E-state index contributed by atoms with van der Waals surface area (Å²) in [7, 11) is -0.646. The third-order valence-corrected chi connectivity index (χ3v) is 6.99. The van der Waals surface area contributed by atoms with Gasteiger partial charge in [0.1, 0.15) is 17.1 Å². The van der Waals surface area contributed by atoms with E-state index in [1.54, 1.807) is 12.1 Å². The summed E-state index contributed by atoms with van der Waals surface area (Å²) in [5, 5.41) is 3.13. The predicted molar refractivity (Wildman–Crippen MR) is 127 cm³/mol. The van der Waals surface area contributed by atoms with Gasteiger partial charge in [-0.2, -0.15) is 0 Å². The smallest absolute Gasteiger partial charge is 0.255 e. The number of sulfonamides is 1. The Labute approximate surface area is 191 Å². The second-order valence-corrected chi connectivity index (χ2v) is 9.90. The lowest BCUT2D eigenvalue weighted by Crippen LogP contribution is -2.32. The highest BCUT2D eigenvalue weighted by molar-refractivity contribution is 7.92. The summed E-state index contributed by atoms with van der Waals surface area (Å²) in [6, 6.07) is 7.34. The molecule has 0 bridgehead atoms. The van der Waals surface area contributed by atoms with Crippen molar-refractivity contribution in [3.05, 3.63) is 53.9 Å². The van der Waals surface area contributed by atoms with Gasteiger partial charge in [-0.05, 0) is 43.0 Å². The minimum absolute atomic E-state index is 0.204. The zero-order valence-electron chi connectivity index (χ0n) is 18.7.